The van der Waals surface area contributed by atoms with Gasteiger partial charge in [0.05, 0.1) is 6.61 Å². The first-order chi connectivity index (χ1) is 10.8. The van der Waals surface area contributed by atoms with Crippen LogP contribution in [0.4, 0.5) is 0 Å². The van der Waals surface area contributed by atoms with Crippen molar-refractivity contribution in [1.82, 2.24) is 10.2 Å². The smallest absolute Gasteiger partial charge is 0.253 e. The van der Waals surface area contributed by atoms with Gasteiger partial charge >= 0.3 is 0 Å². The molecule has 23 heavy (non-hydrogen) atoms. The second-order valence-corrected chi connectivity index (χ2v) is 6.38. The van der Waals surface area contributed by atoms with Gasteiger partial charge in [-0.3, -0.25) is 4.79 Å². The first-order valence-corrected chi connectivity index (χ1v) is 8.51. The van der Waals surface area contributed by atoms with Crippen LogP contribution in [0.1, 0.15) is 43.0 Å². The molecule has 5 heteroatoms. The molecule has 0 atom stereocenters. The molecule has 1 N–H and O–H groups in total. The van der Waals surface area contributed by atoms with Gasteiger partial charge in [-0.2, -0.15) is 0 Å². The van der Waals surface area contributed by atoms with E-state index >= 15 is 0 Å². The van der Waals surface area contributed by atoms with E-state index in [2.05, 4.69) is 5.32 Å². The summed E-state index contributed by atoms with van der Waals surface area (Å²) in [5, 5.41) is 3.65. The van der Waals surface area contributed by atoms with Crippen molar-refractivity contribution in [3.8, 4) is 5.75 Å². The average Bonchev–Trinajstić information content (AvgIpc) is 3.38. The van der Waals surface area contributed by atoms with Crippen molar-refractivity contribution in [2.45, 2.75) is 38.6 Å². The van der Waals surface area contributed by atoms with E-state index in [-0.39, 0.29) is 18.3 Å². The fourth-order valence-electron chi connectivity index (χ4n) is 2.98. The SMILES string of the molecule is CCOc1ccc(C(=O)N2CCC(NCC3CC3)CC2)cc1.Cl. The maximum atomic E-state index is 12.5. The normalized spacial score (nSPS) is 18.4. The van der Waals surface area contributed by atoms with Crippen molar-refractivity contribution in [1.29, 1.82) is 0 Å². The lowest BCUT2D eigenvalue weighted by atomic mass is 10.0. The molecule has 0 spiro atoms. The predicted molar refractivity (Wildman–Crippen MR) is 94.5 cm³/mol. The molecule has 0 aromatic heterocycles. The van der Waals surface area contributed by atoms with Gasteiger partial charge in [0.25, 0.3) is 5.91 Å². The highest BCUT2D eigenvalue weighted by atomic mass is 35.5. The van der Waals surface area contributed by atoms with Crippen molar-refractivity contribution < 1.29 is 9.53 Å². The first-order valence-electron chi connectivity index (χ1n) is 8.51. The predicted octanol–water partition coefficient (Wildman–Crippen LogP) is 3.11. The number of hydrogen-bond acceptors (Lipinski definition) is 3. The summed E-state index contributed by atoms with van der Waals surface area (Å²) >= 11 is 0. The second kappa shape index (κ2) is 8.55. The molecule has 2 fully saturated rings. The summed E-state index contributed by atoms with van der Waals surface area (Å²) in [6, 6.07) is 8.07. The summed E-state index contributed by atoms with van der Waals surface area (Å²) in [7, 11) is 0. The number of halogens is 1. The lowest BCUT2D eigenvalue weighted by Crippen LogP contribution is -2.45. The molecule has 1 heterocycles. The number of carbonyl (C=O) groups excluding carboxylic acids is 1. The Balaban J connectivity index is 0.00000192. The highest BCUT2D eigenvalue weighted by Gasteiger charge is 2.26. The number of nitrogens with zero attached hydrogens (tertiary/aromatic N) is 1. The van der Waals surface area contributed by atoms with Gasteiger partial charge in [-0.05, 0) is 69.3 Å². The molecular formula is C18H27ClN2O2. The fourth-order valence-corrected chi connectivity index (χ4v) is 2.98. The minimum atomic E-state index is 0. The largest absolute Gasteiger partial charge is 0.494 e. The van der Waals surface area contributed by atoms with Crippen LogP contribution in [0.15, 0.2) is 24.3 Å². The minimum absolute atomic E-state index is 0. The van der Waals surface area contributed by atoms with E-state index in [0.29, 0.717) is 12.6 Å². The van der Waals surface area contributed by atoms with E-state index < -0.39 is 0 Å². The van der Waals surface area contributed by atoms with Gasteiger partial charge in [0, 0.05) is 24.7 Å². The number of likely N-dealkylation sites (tertiary alicyclic amines) is 1. The summed E-state index contributed by atoms with van der Waals surface area (Å²) in [5.74, 6) is 1.88. The van der Waals surface area contributed by atoms with Crippen LogP contribution in [0.2, 0.25) is 0 Å². The molecule has 128 valence electrons. The Kier molecular flexibility index (Phi) is 6.72. The number of benzene rings is 1. The maximum absolute atomic E-state index is 12.5. The Morgan fingerprint density at radius 1 is 1.17 bits per heavy atom. The van der Waals surface area contributed by atoms with E-state index in [9.17, 15) is 4.79 Å². The minimum Gasteiger partial charge on any atom is -0.494 e. The number of carbonyl (C=O) groups is 1. The molecule has 2 aliphatic rings. The quantitative estimate of drug-likeness (QED) is 0.866. The zero-order valence-electron chi connectivity index (χ0n) is 13.8. The van der Waals surface area contributed by atoms with Crippen molar-refractivity contribution >= 4 is 18.3 Å². The number of rotatable bonds is 6. The van der Waals surface area contributed by atoms with Gasteiger partial charge in [0.1, 0.15) is 5.75 Å². The van der Waals surface area contributed by atoms with E-state index in [0.717, 1.165) is 49.7 Å². The first kappa shape index (κ1) is 18.1. The molecule has 4 nitrogen and oxygen atoms in total. The Labute approximate surface area is 145 Å². The summed E-state index contributed by atoms with van der Waals surface area (Å²) < 4.78 is 5.42. The van der Waals surface area contributed by atoms with Crippen LogP contribution in [-0.4, -0.2) is 43.1 Å². The van der Waals surface area contributed by atoms with E-state index in [4.69, 9.17) is 4.74 Å². The molecule has 0 unspecified atom stereocenters. The molecule has 0 bridgehead atoms. The van der Waals surface area contributed by atoms with Crippen LogP contribution in [0.25, 0.3) is 0 Å². The molecule has 0 radical (unpaired) electrons. The lowest BCUT2D eigenvalue weighted by Gasteiger charge is -2.32. The van der Waals surface area contributed by atoms with Gasteiger partial charge in [-0.1, -0.05) is 0 Å². The standard InChI is InChI=1S/C18H26N2O2.ClH/c1-2-22-17-7-5-15(6-8-17)18(21)20-11-9-16(10-12-20)19-13-14-3-4-14;/h5-8,14,16,19H,2-4,9-13H2,1H3;1H. The zero-order chi connectivity index (χ0) is 15.4. The Morgan fingerprint density at radius 3 is 2.39 bits per heavy atom. The maximum Gasteiger partial charge on any atom is 0.253 e. The second-order valence-electron chi connectivity index (χ2n) is 6.38. The monoisotopic (exact) mass is 338 g/mol. The number of hydrogen-bond donors (Lipinski definition) is 1. The molecule has 1 saturated heterocycles. The molecule has 1 aromatic carbocycles. The van der Waals surface area contributed by atoms with E-state index in [1.54, 1.807) is 0 Å². The number of amides is 1. The van der Waals surface area contributed by atoms with Crippen molar-refractivity contribution in [3.63, 3.8) is 0 Å². The van der Waals surface area contributed by atoms with Gasteiger partial charge in [-0.15, -0.1) is 12.4 Å². The van der Waals surface area contributed by atoms with Crippen LogP contribution in [0, 0.1) is 5.92 Å². The van der Waals surface area contributed by atoms with E-state index in [1.165, 1.54) is 12.8 Å². The molecule has 1 aromatic rings. The molecule has 1 aliphatic heterocycles. The third kappa shape index (κ3) is 5.11. The van der Waals surface area contributed by atoms with Crippen molar-refractivity contribution in [3.05, 3.63) is 29.8 Å². The molecule has 1 amide bonds. The highest BCUT2D eigenvalue weighted by molar-refractivity contribution is 5.94. The van der Waals surface area contributed by atoms with E-state index in [1.807, 2.05) is 36.1 Å². The van der Waals surface area contributed by atoms with Crippen molar-refractivity contribution in [2.24, 2.45) is 5.92 Å². The van der Waals surface area contributed by atoms with Crippen LogP contribution >= 0.6 is 12.4 Å². The van der Waals surface area contributed by atoms with Gasteiger partial charge in [0.2, 0.25) is 0 Å². The van der Waals surface area contributed by atoms with Gasteiger partial charge in [0.15, 0.2) is 0 Å². The lowest BCUT2D eigenvalue weighted by molar-refractivity contribution is 0.0705. The summed E-state index contributed by atoms with van der Waals surface area (Å²) in [5.41, 5.74) is 0.757. The fraction of sp³-hybridized carbons (Fsp3) is 0.611. The Hall–Kier alpha value is -1.26. The number of piperidine rings is 1. The zero-order valence-corrected chi connectivity index (χ0v) is 14.6. The third-order valence-corrected chi connectivity index (χ3v) is 4.59. The van der Waals surface area contributed by atoms with Gasteiger partial charge in [-0.25, -0.2) is 0 Å². The summed E-state index contributed by atoms with van der Waals surface area (Å²) in [6.45, 7) is 5.48. The highest BCUT2D eigenvalue weighted by Crippen LogP contribution is 2.28. The third-order valence-electron chi connectivity index (χ3n) is 4.59. The number of ether oxygens (including phenoxy) is 1. The molecule has 1 saturated carbocycles. The Morgan fingerprint density at radius 2 is 1.83 bits per heavy atom. The Bertz CT molecular complexity index is 494. The summed E-state index contributed by atoms with van der Waals surface area (Å²) in [4.78, 5) is 14.5. The van der Waals surface area contributed by atoms with Gasteiger partial charge < -0.3 is 15.0 Å². The summed E-state index contributed by atoms with van der Waals surface area (Å²) in [6.07, 6.45) is 4.91. The molecule has 1 aliphatic carbocycles. The average molecular weight is 339 g/mol. The van der Waals surface area contributed by atoms with Crippen molar-refractivity contribution in [2.75, 3.05) is 26.2 Å². The molecular weight excluding hydrogens is 312 g/mol. The topological polar surface area (TPSA) is 41.6 Å². The number of nitrogens with one attached hydrogen (secondary N) is 1. The van der Waals surface area contributed by atoms with Crippen LogP contribution in [0.3, 0.4) is 0 Å². The van der Waals surface area contributed by atoms with Crippen LogP contribution in [-0.2, 0) is 0 Å². The van der Waals surface area contributed by atoms with Crippen LogP contribution < -0.4 is 10.1 Å². The van der Waals surface area contributed by atoms with Crippen LogP contribution in [0.5, 0.6) is 5.75 Å². The molecule has 3 rings (SSSR count).